The average Bonchev–Trinajstić information content (AvgIpc) is 3.07. The van der Waals surface area contributed by atoms with Crippen molar-refractivity contribution in [1.82, 2.24) is 4.90 Å². The first-order chi connectivity index (χ1) is 11.1. The second kappa shape index (κ2) is 8.48. The molecule has 0 saturated heterocycles. The number of hydrogen-bond acceptors (Lipinski definition) is 3. The lowest BCUT2D eigenvalue weighted by Crippen LogP contribution is -2.34. The van der Waals surface area contributed by atoms with Crippen LogP contribution in [0.3, 0.4) is 0 Å². The molecule has 2 rings (SSSR count). The average molecular weight is 331 g/mol. The van der Waals surface area contributed by atoms with E-state index < -0.39 is 5.97 Å². The molecule has 23 heavy (non-hydrogen) atoms. The molecule has 0 bridgehead atoms. The molecular weight excluding hydrogens is 310 g/mol. The summed E-state index contributed by atoms with van der Waals surface area (Å²) < 4.78 is 0. The Morgan fingerprint density at radius 1 is 1.17 bits per heavy atom. The highest BCUT2D eigenvalue weighted by atomic mass is 32.1. The van der Waals surface area contributed by atoms with Crippen molar-refractivity contribution in [2.45, 2.75) is 32.2 Å². The van der Waals surface area contributed by atoms with Crippen LogP contribution in [0.4, 0.5) is 0 Å². The zero-order chi connectivity index (χ0) is 16.7. The summed E-state index contributed by atoms with van der Waals surface area (Å²) in [6.07, 6.45) is 0.539. The second-order valence-corrected chi connectivity index (χ2v) is 6.46. The Bertz CT molecular complexity index is 625. The van der Waals surface area contributed by atoms with E-state index in [0.717, 1.165) is 10.4 Å². The maximum Gasteiger partial charge on any atom is 0.303 e. The van der Waals surface area contributed by atoms with Crippen LogP contribution in [0.5, 0.6) is 0 Å². The summed E-state index contributed by atoms with van der Waals surface area (Å²) in [6.45, 7) is 2.87. The van der Waals surface area contributed by atoms with Gasteiger partial charge in [-0.25, -0.2) is 0 Å². The van der Waals surface area contributed by atoms with Crippen molar-refractivity contribution in [2.24, 2.45) is 0 Å². The molecule has 122 valence electrons. The Morgan fingerprint density at radius 2 is 1.91 bits per heavy atom. The minimum Gasteiger partial charge on any atom is -0.481 e. The Labute approximate surface area is 140 Å². The lowest BCUT2D eigenvalue weighted by molar-refractivity contribution is -0.138. The van der Waals surface area contributed by atoms with Crippen molar-refractivity contribution >= 4 is 23.2 Å². The molecule has 1 N–H and O–H groups in total. The standard InChI is InChI=1S/C18H21NO3S/c1-14(16-9-6-12-23-16)18(22)19(11-5-10-17(20)21)13-15-7-3-2-4-8-15/h2-4,6-9,12,14H,5,10-11,13H2,1H3,(H,20,21). The highest BCUT2D eigenvalue weighted by Crippen LogP contribution is 2.24. The van der Waals surface area contributed by atoms with Gasteiger partial charge in [0, 0.05) is 24.4 Å². The predicted molar refractivity (Wildman–Crippen MR) is 91.5 cm³/mol. The zero-order valence-corrected chi connectivity index (χ0v) is 14.0. The first-order valence-corrected chi connectivity index (χ1v) is 8.54. The smallest absolute Gasteiger partial charge is 0.303 e. The molecule has 1 heterocycles. The third-order valence-electron chi connectivity index (χ3n) is 3.69. The van der Waals surface area contributed by atoms with Crippen LogP contribution in [-0.4, -0.2) is 28.4 Å². The first kappa shape index (κ1) is 17.2. The van der Waals surface area contributed by atoms with Crippen molar-refractivity contribution in [3.63, 3.8) is 0 Å². The van der Waals surface area contributed by atoms with Crippen LogP contribution in [0.2, 0.25) is 0 Å². The van der Waals surface area contributed by atoms with E-state index in [1.807, 2.05) is 54.8 Å². The molecule has 5 heteroatoms. The van der Waals surface area contributed by atoms with Crippen LogP contribution in [0.15, 0.2) is 47.8 Å². The fraction of sp³-hybridized carbons (Fsp3) is 0.333. The van der Waals surface area contributed by atoms with E-state index in [-0.39, 0.29) is 18.2 Å². The maximum absolute atomic E-state index is 12.8. The predicted octanol–water partition coefficient (Wildman–Crippen LogP) is 3.75. The third-order valence-corrected chi connectivity index (χ3v) is 4.74. The summed E-state index contributed by atoms with van der Waals surface area (Å²) in [5.41, 5.74) is 1.05. The van der Waals surface area contributed by atoms with Crippen LogP contribution < -0.4 is 0 Å². The molecular formula is C18H21NO3S. The van der Waals surface area contributed by atoms with Crippen LogP contribution in [0.25, 0.3) is 0 Å². The molecule has 0 spiro atoms. The molecule has 4 nitrogen and oxygen atoms in total. The second-order valence-electron chi connectivity index (χ2n) is 5.48. The number of thiophene rings is 1. The number of benzene rings is 1. The van der Waals surface area contributed by atoms with Gasteiger partial charge in [0.15, 0.2) is 0 Å². The first-order valence-electron chi connectivity index (χ1n) is 7.66. The Balaban J connectivity index is 2.08. The molecule has 1 amide bonds. The van der Waals surface area contributed by atoms with Crippen LogP contribution in [0, 0.1) is 0 Å². The summed E-state index contributed by atoms with van der Waals surface area (Å²) in [6, 6.07) is 13.7. The van der Waals surface area contributed by atoms with Crippen LogP contribution >= 0.6 is 11.3 Å². The Kier molecular flexibility index (Phi) is 6.35. The number of hydrogen-bond donors (Lipinski definition) is 1. The minimum absolute atomic E-state index is 0.0432. The molecule has 0 aliphatic carbocycles. The molecule has 1 unspecified atom stereocenters. The molecule has 2 aromatic rings. The number of rotatable bonds is 8. The number of aliphatic carboxylic acids is 1. The van der Waals surface area contributed by atoms with Gasteiger partial charge in [0.05, 0.1) is 5.92 Å². The SMILES string of the molecule is CC(C(=O)N(CCCC(=O)O)Cc1ccccc1)c1cccs1. The molecule has 1 atom stereocenters. The van der Waals surface area contributed by atoms with E-state index in [0.29, 0.717) is 19.5 Å². The number of carbonyl (C=O) groups is 2. The van der Waals surface area contributed by atoms with E-state index in [1.165, 1.54) is 0 Å². The Morgan fingerprint density at radius 3 is 2.52 bits per heavy atom. The van der Waals surface area contributed by atoms with E-state index in [9.17, 15) is 9.59 Å². The van der Waals surface area contributed by atoms with Crippen molar-refractivity contribution in [3.8, 4) is 0 Å². The molecule has 1 aromatic carbocycles. The minimum atomic E-state index is -0.830. The summed E-state index contributed by atoms with van der Waals surface area (Å²) >= 11 is 1.57. The van der Waals surface area contributed by atoms with Crippen molar-refractivity contribution in [2.75, 3.05) is 6.54 Å². The molecule has 1 aromatic heterocycles. The van der Waals surface area contributed by atoms with Gasteiger partial charge in [-0.2, -0.15) is 0 Å². The zero-order valence-electron chi connectivity index (χ0n) is 13.1. The van der Waals surface area contributed by atoms with Crippen molar-refractivity contribution in [1.29, 1.82) is 0 Å². The van der Waals surface area contributed by atoms with Gasteiger partial charge in [-0.1, -0.05) is 36.4 Å². The molecule has 0 saturated carbocycles. The van der Waals surface area contributed by atoms with Gasteiger partial charge in [0.2, 0.25) is 5.91 Å². The van der Waals surface area contributed by atoms with Crippen LogP contribution in [0.1, 0.15) is 36.1 Å². The van der Waals surface area contributed by atoms with Gasteiger partial charge in [-0.15, -0.1) is 11.3 Å². The summed E-state index contributed by atoms with van der Waals surface area (Å²) in [7, 11) is 0. The Hall–Kier alpha value is -2.14. The summed E-state index contributed by atoms with van der Waals surface area (Å²) in [5.74, 6) is -0.992. The van der Waals surface area contributed by atoms with Gasteiger partial charge in [-0.3, -0.25) is 9.59 Å². The maximum atomic E-state index is 12.8. The monoisotopic (exact) mass is 331 g/mol. The van der Waals surface area contributed by atoms with Gasteiger partial charge in [0.25, 0.3) is 0 Å². The number of carbonyl (C=O) groups excluding carboxylic acids is 1. The fourth-order valence-corrected chi connectivity index (χ4v) is 3.20. The van der Waals surface area contributed by atoms with E-state index in [1.54, 1.807) is 16.2 Å². The summed E-state index contributed by atoms with van der Waals surface area (Å²) in [4.78, 5) is 26.3. The molecule has 0 radical (unpaired) electrons. The highest BCUT2D eigenvalue weighted by Gasteiger charge is 2.22. The normalized spacial score (nSPS) is 11.9. The van der Waals surface area contributed by atoms with Crippen molar-refractivity contribution in [3.05, 3.63) is 58.3 Å². The quantitative estimate of drug-likeness (QED) is 0.801. The van der Waals surface area contributed by atoms with Gasteiger partial charge in [0.1, 0.15) is 0 Å². The molecule has 0 fully saturated rings. The van der Waals surface area contributed by atoms with E-state index in [2.05, 4.69) is 0 Å². The highest BCUT2D eigenvalue weighted by molar-refractivity contribution is 7.10. The lowest BCUT2D eigenvalue weighted by Gasteiger charge is -2.25. The number of amides is 1. The third kappa shape index (κ3) is 5.21. The number of carboxylic acids is 1. The number of nitrogens with zero attached hydrogens (tertiary/aromatic N) is 1. The van der Waals surface area contributed by atoms with E-state index in [4.69, 9.17) is 5.11 Å². The largest absolute Gasteiger partial charge is 0.481 e. The van der Waals surface area contributed by atoms with Crippen LogP contribution in [-0.2, 0) is 16.1 Å². The topological polar surface area (TPSA) is 57.6 Å². The molecule has 0 aliphatic heterocycles. The lowest BCUT2D eigenvalue weighted by atomic mass is 10.1. The fourth-order valence-electron chi connectivity index (χ4n) is 2.43. The van der Waals surface area contributed by atoms with Gasteiger partial charge < -0.3 is 10.0 Å². The molecule has 0 aliphatic rings. The van der Waals surface area contributed by atoms with Gasteiger partial charge in [-0.05, 0) is 30.4 Å². The number of carboxylic acid groups (broad SMARTS) is 1. The van der Waals surface area contributed by atoms with Crippen molar-refractivity contribution < 1.29 is 14.7 Å². The summed E-state index contributed by atoms with van der Waals surface area (Å²) in [5, 5.41) is 10.8. The van der Waals surface area contributed by atoms with E-state index >= 15 is 0 Å². The van der Waals surface area contributed by atoms with Gasteiger partial charge >= 0.3 is 5.97 Å².